The summed E-state index contributed by atoms with van der Waals surface area (Å²) in [5.41, 5.74) is 0.396. The number of halogens is 3. The van der Waals surface area contributed by atoms with Crippen LogP contribution in [0.2, 0.25) is 0 Å². The lowest BCUT2D eigenvalue weighted by Crippen LogP contribution is -2.39. The fraction of sp³-hybridized carbons (Fsp3) is 0.211. The van der Waals surface area contributed by atoms with Crippen molar-refractivity contribution in [1.82, 2.24) is 5.32 Å². The summed E-state index contributed by atoms with van der Waals surface area (Å²) < 4.78 is 39.8. The Morgan fingerprint density at radius 2 is 1.58 bits per heavy atom. The average Bonchev–Trinajstić information content (AvgIpc) is 2.51. The summed E-state index contributed by atoms with van der Waals surface area (Å²) in [7, 11) is 0. The molecule has 1 N–H and O–H groups in total. The highest BCUT2D eigenvalue weighted by Crippen LogP contribution is 2.34. The minimum atomic E-state index is -4.59. The van der Waals surface area contributed by atoms with E-state index in [4.69, 9.17) is 0 Å². The maximum atomic E-state index is 13.3. The zero-order valence-electron chi connectivity index (χ0n) is 12.8. The summed E-state index contributed by atoms with van der Waals surface area (Å²) in [6.45, 7) is 1.78. The summed E-state index contributed by atoms with van der Waals surface area (Å²) in [5.74, 6) is -0.232. The topological polar surface area (TPSA) is 29.1 Å². The number of nitrogens with one attached hydrogen (secondary N) is 1. The summed E-state index contributed by atoms with van der Waals surface area (Å²) in [4.78, 5) is 12.3. The van der Waals surface area contributed by atoms with Crippen molar-refractivity contribution in [1.29, 1.82) is 0 Å². The van der Waals surface area contributed by atoms with Gasteiger partial charge in [0.05, 0.1) is 5.57 Å². The molecule has 0 spiro atoms. The van der Waals surface area contributed by atoms with Crippen LogP contribution in [0, 0.1) is 0 Å². The fourth-order valence-electron chi connectivity index (χ4n) is 2.60. The van der Waals surface area contributed by atoms with Crippen LogP contribution in [0.15, 0.2) is 60.7 Å². The molecule has 0 aromatic heterocycles. The lowest BCUT2D eigenvalue weighted by Gasteiger charge is -2.27. The van der Waals surface area contributed by atoms with E-state index in [2.05, 4.69) is 5.32 Å². The minimum absolute atomic E-state index is 0.0180. The Balaban J connectivity index is 1.87. The highest BCUT2D eigenvalue weighted by atomic mass is 19.4. The van der Waals surface area contributed by atoms with Gasteiger partial charge in [-0.15, -0.1) is 0 Å². The van der Waals surface area contributed by atoms with Crippen LogP contribution in [0.3, 0.4) is 0 Å². The Morgan fingerprint density at radius 1 is 0.958 bits per heavy atom. The Morgan fingerprint density at radius 3 is 2.08 bits per heavy atom. The highest BCUT2D eigenvalue weighted by molar-refractivity contribution is 6.09. The zero-order chi connectivity index (χ0) is 17.2. The molecule has 2 nitrogen and oxygen atoms in total. The van der Waals surface area contributed by atoms with Crippen molar-refractivity contribution in [2.75, 3.05) is 13.1 Å². The number of benzene rings is 2. The molecule has 0 radical (unpaired) electrons. The summed E-state index contributed by atoms with van der Waals surface area (Å²) in [6.07, 6.45) is -3.91. The van der Waals surface area contributed by atoms with Gasteiger partial charge < -0.3 is 5.32 Å². The van der Waals surface area contributed by atoms with Crippen molar-refractivity contribution in [3.05, 3.63) is 77.4 Å². The lowest BCUT2D eigenvalue weighted by atomic mass is 9.92. The standard InChI is InChI=1S/C19H16F3NO/c20-19(21,22)17(14-4-2-1-3-5-14)10-18(24)15-8-6-13(7-9-15)16-11-23-12-16/h1-10,16,23H,11-12H2/b17-10+. The predicted molar refractivity (Wildman–Crippen MR) is 86.9 cm³/mol. The van der Waals surface area contributed by atoms with Crippen LogP contribution in [-0.4, -0.2) is 25.0 Å². The predicted octanol–water partition coefficient (Wildman–Crippen LogP) is 4.20. The quantitative estimate of drug-likeness (QED) is 0.672. The second-order valence-corrected chi connectivity index (χ2v) is 5.76. The first kappa shape index (κ1) is 16.5. The van der Waals surface area contributed by atoms with Crippen molar-refractivity contribution in [2.24, 2.45) is 0 Å². The molecule has 0 aliphatic carbocycles. The number of carbonyl (C=O) groups excluding carboxylic acids is 1. The third-order valence-electron chi connectivity index (χ3n) is 4.11. The van der Waals surface area contributed by atoms with Gasteiger partial charge in [0.1, 0.15) is 0 Å². The van der Waals surface area contributed by atoms with Crippen LogP contribution in [0.1, 0.15) is 27.4 Å². The molecule has 1 aliphatic heterocycles. The zero-order valence-corrected chi connectivity index (χ0v) is 12.8. The molecule has 0 unspecified atom stereocenters. The van der Waals surface area contributed by atoms with Crippen molar-refractivity contribution in [3.63, 3.8) is 0 Å². The molecule has 3 rings (SSSR count). The van der Waals surface area contributed by atoms with Crippen LogP contribution >= 0.6 is 0 Å². The van der Waals surface area contributed by atoms with E-state index in [1.165, 1.54) is 24.3 Å². The van der Waals surface area contributed by atoms with Crippen molar-refractivity contribution < 1.29 is 18.0 Å². The molecule has 5 heteroatoms. The molecule has 24 heavy (non-hydrogen) atoms. The fourth-order valence-corrected chi connectivity index (χ4v) is 2.60. The van der Waals surface area contributed by atoms with Crippen molar-refractivity contribution >= 4 is 11.4 Å². The summed E-state index contributed by atoms with van der Waals surface area (Å²) in [6, 6.07) is 14.1. The van der Waals surface area contributed by atoms with E-state index >= 15 is 0 Å². The third-order valence-corrected chi connectivity index (χ3v) is 4.11. The normalized spacial score (nSPS) is 15.9. The minimum Gasteiger partial charge on any atom is -0.315 e. The summed E-state index contributed by atoms with van der Waals surface area (Å²) >= 11 is 0. The van der Waals surface area contributed by atoms with Gasteiger partial charge in [0.2, 0.25) is 0 Å². The Kier molecular flexibility index (Phi) is 4.53. The second kappa shape index (κ2) is 6.61. The Hall–Kier alpha value is -2.40. The SMILES string of the molecule is O=C(/C=C(\c1ccccc1)C(F)(F)F)c1ccc(C2CNC2)cc1. The first-order chi connectivity index (χ1) is 11.4. The van der Waals surface area contributed by atoms with Gasteiger partial charge in [-0.3, -0.25) is 4.79 Å². The molecule has 124 valence electrons. The molecule has 2 aromatic rings. The Labute approximate surface area is 138 Å². The van der Waals surface area contributed by atoms with E-state index in [-0.39, 0.29) is 11.1 Å². The molecule has 1 heterocycles. The third kappa shape index (κ3) is 3.57. The molecule has 0 saturated carbocycles. The van der Waals surface area contributed by atoms with Crippen LogP contribution in [0.4, 0.5) is 13.2 Å². The number of ketones is 1. The van der Waals surface area contributed by atoms with E-state index in [1.807, 2.05) is 12.1 Å². The van der Waals surface area contributed by atoms with E-state index in [9.17, 15) is 18.0 Å². The van der Waals surface area contributed by atoms with Gasteiger partial charge in [0, 0.05) is 24.6 Å². The van der Waals surface area contributed by atoms with Crippen molar-refractivity contribution in [3.8, 4) is 0 Å². The maximum Gasteiger partial charge on any atom is 0.417 e. The summed E-state index contributed by atoms with van der Waals surface area (Å²) in [5, 5.41) is 3.16. The second-order valence-electron chi connectivity index (χ2n) is 5.76. The van der Waals surface area contributed by atoms with E-state index < -0.39 is 17.5 Å². The average molecular weight is 331 g/mol. The number of allylic oxidation sites excluding steroid dienone is 2. The smallest absolute Gasteiger partial charge is 0.315 e. The van der Waals surface area contributed by atoms with Crippen LogP contribution < -0.4 is 5.32 Å². The molecule has 1 fully saturated rings. The van der Waals surface area contributed by atoms with Gasteiger partial charge in [0.25, 0.3) is 0 Å². The molecule has 0 atom stereocenters. The molecule has 0 amide bonds. The molecular formula is C19H16F3NO. The van der Waals surface area contributed by atoms with Crippen LogP contribution in [0.25, 0.3) is 5.57 Å². The number of rotatable bonds is 4. The molecule has 2 aromatic carbocycles. The highest BCUT2D eigenvalue weighted by Gasteiger charge is 2.35. The van der Waals surface area contributed by atoms with Gasteiger partial charge in [-0.25, -0.2) is 0 Å². The first-order valence-corrected chi connectivity index (χ1v) is 7.64. The van der Waals surface area contributed by atoms with Gasteiger partial charge in [-0.1, -0.05) is 54.6 Å². The first-order valence-electron chi connectivity index (χ1n) is 7.64. The van der Waals surface area contributed by atoms with Gasteiger partial charge >= 0.3 is 6.18 Å². The van der Waals surface area contributed by atoms with Gasteiger partial charge in [-0.05, 0) is 17.2 Å². The Bertz CT molecular complexity index is 744. The number of hydrogen-bond acceptors (Lipinski definition) is 2. The monoisotopic (exact) mass is 331 g/mol. The number of hydrogen-bond donors (Lipinski definition) is 1. The lowest BCUT2D eigenvalue weighted by molar-refractivity contribution is -0.0689. The van der Waals surface area contributed by atoms with E-state index in [1.54, 1.807) is 18.2 Å². The van der Waals surface area contributed by atoms with Crippen LogP contribution in [-0.2, 0) is 0 Å². The van der Waals surface area contributed by atoms with E-state index in [0.29, 0.717) is 12.0 Å². The molecule has 1 aliphatic rings. The molecule has 1 saturated heterocycles. The van der Waals surface area contributed by atoms with Crippen LogP contribution in [0.5, 0.6) is 0 Å². The molecular weight excluding hydrogens is 315 g/mol. The molecule has 0 bridgehead atoms. The largest absolute Gasteiger partial charge is 0.417 e. The van der Waals surface area contributed by atoms with Gasteiger partial charge in [0.15, 0.2) is 5.78 Å². The van der Waals surface area contributed by atoms with Crippen molar-refractivity contribution in [2.45, 2.75) is 12.1 Å². The van der Waals surface area contributed by atoms with E-state index in [0.717, 1.165) is 18.7 Å². The number of alkyl halides is 3. The van der Waals surface area contributed by atoms with Gasteiger partial charge in [-0.2, -0.15) is 13.2 Å². The number of carbonyl (C=O) groups is 1. The maximum absolute atomic E-state index is 13.3.